The van der Waals surface area contributed by atoms with Crippen molar-refractivity contribution in [2.45, 2.75) is 13.0 Å². The molecule has 0 saturated heterocycles. The lowest BCUT2D eigenvalue weighted by Crippen LogP contribution is -2.18. The van der Waals surface area contributed by atoms with Crippen molar-refractivity contribution in [2.24, 2.45) is 0 Å². The molecule has 4 nitrogen and oxygen atoms in total. The van der Waals surface area contributed by atoms with Crippen molar-refractivity contribution < 1.29 is 4.74 Å². The number of nitrogen functional groups attached to an aromatic ring is 1. The van der Waals surface area contributed by atoms with E-state index in [1.54, 1.807) is 19.5 Å². The zero-order valence-corrected chi connectivity index (χ0v) is 7.95. The molecule has 4 heteroatoms. The number of hydrogen-bond acceptors (Lipinski definition) is 4. The van der Waals surface area contributed by atoms with E-state index in [1.165, 1.54) is 0 Å². The molecule has 72 valence electrons. The van der Waals surface area contributed by atoms with Gasteiger partial charge in [-0.25, -0.2) is 0 Å². The van der Waals surface area contributed by atoms with Crippen molar-refractivity contribution in [3.8, 4) is 0 Å². The van der Waals surface area contributed by atoms with E-state index in [0.717, 1.165) is 12.2 Å². The molecule has 3 N–H and O–H groups in total. The number of pyridine rings is 1. The third-order valence-corrected chi connectivity index (χ3v) is 1.76. The summed E-state index contributed by atoms with van der Waals surface area (Å²) >= 11 is 0. The van der Waals surface area contributed by atoms with Crippen LogP contribution in [-0.4, -0.2) is 24.7 Å². The van der Waals surface area contributed by atoms with E-state index in [2.05, 4.69) is 10.3 Å². The molecule has 0 aliphatic carbocycles. The Bertz CT molecular complexity index is 265. The molecule has 1 atom stereocenters. The van der Waals surface area contributed by atoms with E-state index in [9.17, 15) is 0 Å². The van der Waals surface area contributed by atoms with Crippen LogP contribution in [0.4, 0.5) is 11.4 Å². The van der Waals surface area contributed by atoms with Crippen LogP contribution in [0, 0.1) is 0 Å². The molecule has 0 radical (unpaired) electrons. The van der Waals surface area contributed by atoms with E-state index >= 15 is 0 Å². The van der Waals surface area contributed by atoms with Crippen LogP contribution in [0.1, 0.15) is 6.92 Å². The first kappa shape index (κ1) is 9.80. The Morgan fingerprint density at radius 2 is 2.38 bits per heavy atom. The number of nitrogens with zero attached hydrogens (tertiary/aromatic N) is 1. The molecule has 1 unspecified atom stereocenters. The molecule has 0 amide bonds. The summed E-state index contributed by atoms with van der Waals surface area (Å²) in [4.78, 5) is 3.96. The molecule has 0 aromatic carbocycles. The van der Waals surface area contributed by atoms with E-state index in [4.69, 9.17) is 10.5 Å². The normalized spacial score (nSPS) is 12.5. The van der Waals surface area contributed by atoms with Crippen LogP contribution >= 0.6 is 0 Å². The molecule has 1 heterocycles. The van der Waals surface area contributed by atoms with Crippen LogP contribution in [0.15, 0.2) is 18.5 Å². The summed E-state index contributed by atoms with van der Waals surface area (Å²) in [6, 6.07) is 1.84. The summed E-state index contributed by atoms with van der Waals surface area (Å²) in [5.41, 5.74) is 7.15. The molecule has 0 aliphatic rings. The highest BCUT2D eigenvalue weighted by Crippen LogP contribution is 2.09. The maximum atomic E-state index is 5.56. The minimum Gasteiger partial charge on any atom is -0.397 e. The smallest absolute Gasteiger partial charge is 0.0715 e. The topological polar surface area (TPSA) is 60.2 Å². The summed E-state index contributed by atoms with van der Waals surface area (Å²) in [6.45, 7) is 2.74. The first-order chi connectivity index (χ1) is 6.22. The predicted molar refractivity (Wildman–Crippen MR) is 53.6 cm³/mol. The number of anilines is 2. The molecule has 0 fully saturated rings. The van der Waals surface area contributed by atoms with Crippen molar-refractivity contribution in [3.63, 3.8) is 0 Å². The summed E-state index contributed by atoms with van der Waals surface area (Å²) in [5, 5.41) is 3.17. The lowest BCUT2D eigenvalue weighted by Gasteiger charge is -2.11. The van der Waals surface area contributed by atoms with E-state index < -0.39 is 0 Å². The molecule has 0 saturated carbocycles. The number of ether oxygens (including phenoxy) is 1. The monoisotopic (exact) mass is 181 g/mol. The van der Waals surface area contributed by atoms with Crippen LogP contribution in [0.5, 0.6) is 0 Å². The van der Waals surface area contributed by atoms with Gasteiger partial charge in [-0.05, 0) is 13.0 Å². The molecule has 1 aromatic heterocycles. The number of methoxy groups -OCH3 is 1. The average molecular weight is 181 g/mol. The average Bonchev–Trinajstić information content (AvgIpc) is 2.14. The van der Waals surface area contributed by atoms with Gasteiger partial charge in [-0.15, -0.1) is 0 Å². The second-order valence-corrected chi connectivity index (χ2v) is 2.93. The number of aromatic nitrogens is 1. The third kappa shape index (κ3) is 3.29. The first-order valence-electron chi connectivity index (χ1n) is 4.19. The Morgan fingerprint density at radius 1 is 1.62 bits per heavy atom. The zero-order chi connectivity index (χ0) is 9.68. The molecule has 1 aromatic rings. The largest absolute Gasteiger partial charge is 0.397 e. The fraction of sp³-hybridized carbons (Fsp3) is 0.444. The Kier molecular flexibility index (Phi) is 3.52. The molecule has 13 heavy (non-hydrogen) atoms. The first-order valence-corrected chi connectivity index (χ1v) is 4.19. The molecule has 0 bridgehead atoms. The van der Waals surface area contributed by atoms with Gasteiger partial charge >= 0.3 is 0 Å². The van der Waals surface area contributed by atoms with Gasteiger partial charge in [0.25, 0.3) is 0 Å². The number of rotatable bonds is 4. The van der Waals surface area contributed by atoms with Gasteiger partial charge in [-0.2, -0.15) is 0 Å². The maximum absolute atomic E-state index is 5.56. The summed E-state index contributed by atoms with van der Waals surface area (Å²) in [7, 11) is 1.68. The molecule has 0 aliphatic heterocycles. The van der Waals surface area contributed by atoms with Gasteiger partial charge in [0, 0.05) is 19.9 Å². The van der Waals surface area contributed by atoms with Gasteiger partial charge in [0.1, 0.15) is 0 Å². The zero-order valence-electron chi connectivity index (χ0n) is 7.95. The summed E-state index contributed by atoms with van der Waals surface area (Å²) < 4.78 is 5.09. The summed E-state index contributed by atoms with van der Waals surface area (Å²) in [5.74, 6) is 0. The third-order valence-electron chi connectivity index (χ3n) is 1.76. The van der Waals surface area contributed by atoms with E-state index in [1.807, 2.05) is 13.0 Å². The van der Waals surface area contributed by atoms with Crippen LogP contribution in [0.2, 0.25) is 0 Å². The van der Waals surface area contributed by atoms with E-state index in [0.29, 0.717) is 5.69 Å². The SMILES string of the molecule is COC(C)CNc1cncc(N)c1. The van der Waals surface area contributed by atoms with Crippen molar-refractivity contribution in [1.29, 1.82) is 0 Å². The second-order valence-electron chi connectivity index (χ2n) is 2.93. The number of nitrogens with one attached hydrogen (secondary N) is 1. The molecular formula is C9H15N3O. The van der Waals surface area contributed by atoms with Crippen LogP contribution < -0.4 is 11.1 Å². The van der Waals surface area contributed by atoms with Crippen LogP contribution in [0.25, 0.3) is 0 Å². The van der Waals surface area contributed by atoms with Crippen molar-refractivity contribution in [1.82, 2.24) is 4.98 Å². The Morgan fingerprint density at radius 3 is 3.00 bits per heavy atom. The number of nitrogens with two attached hydrogens (primary N) is 1. The Hall–Kier alpha value is -1.29. The lowest BCUT2D eigenvalue weighted by molar-refractivity contribution is 0.129. The standard InChI is InChI=1S/C9H15N3O/c1-7(13-2)4-12-9-3-8(10)5-11-6-9/h3,5-7,12H,4,10H2,1-2H3. The van der Waals surface area contributed by atoms with Gasteiger partial charge in [-0.3, -0.25) is 4.98 Å². The minimum atomic E-state index is 0.182. The molecule has 1 rings (SSSR count). The second kappa shape index (κ2) is 4.67. The van der Waals surface area contributed by atoms with E-state index in [-0.39, 0.29) is 6.10 Å². The number of hydrogen-bond donors (Lipinski definition) is 2. The van der Waals surface area contributed by atoms with Crippen molar-refractivity contribution >= 4 is 11.4 Å². The minimum absolute atomic E-state index is 0.182. The molecular weight excluding hydrogens is 166 g/mol. The highest BCUT2D eigenvalue weighted by atomic mass is 16.5. The molecule has 0 spiro atoms. The van der Waals surface area contributed by atoms with Gasteiger partial charge in [-0.1, -0.05) is 0 Å². The fourth-order valence-corrected chi connectivity index (χ4v) is 0.899. The Labute approximate surface area is 78.1 Å². The van der Waals surface area contributed by atoms with Gasteiger partial charge in [0.2, 0.25) is 0 Å². The Balaban J connectivity index is 2.45. The quantitative estimate of drug-likeness (QED) is 0.730. The van der Waals surface area contributed by atoms with Gasteiger partial charge in [0.15, 0.2) is 0 Å². The van der Waals surface area contributed by atoms with Crippen LogP contribution in [-0.2, 0) is 4.74 Å². The van der Waals surface area contributed by atoms with Gasteiger partial charge in [0.05, 0.1) is 23.7 Å². The maximum Gasteiger partial charge on any atom is 0.0715 e. The highest BCUT2D eigenvalue weighted by Gasteiger charge is 1.98. The fourth-order valence-electron chi connectivity index (χ4n) is 0.899. The van der Waals surface area contributed by atoms with Crippen LogP contribution in [0.3, 0.4) is 0 Å². The summed E-state index contributed by atoms with van der Waals surface area (Å²) in [6.07, 6.45) is 3.53. The van der Waals surface area contributed by atoms with Crippen molar-refractivity contribution in [2.75, 3.05) is 24.7 Å². The van der Waals surface area contributed by atoms with Crippen molar-refractivity contribution in [3.05, 3.63) is 18.5 Å². The predicted octanol–water partition coefficient (Wildman–Crippen LogP) is 1.11. The van der Waals surface area contributed by atoms with Gasteiger partial charge < -0.3 is 15.8 Å². The highest BCUT2D eigenvalue weighted by molar-refractivity contribution is 5.51. The lowest BCUT2D eigenvalue weighted by atomic mass is 10.3.